The van der Waals surface area contributed by atoms with E-state index in [1.165, 1.54) is 17.3 Å². The van der Waals surface area contributed by atoms with Crippen molar-refractivity contribution in [2.24, 2.45) is 5.92 Å². The van der Waals surface area contributed by atoms with Crippen molar-refractivity contribution in [3.63, 3.8) is 0 Å². The van der Waals surface area contributed by atoms with Crippen LogP contribution in [0.2, 0.25) is 10.2 Å². The summed E-state index contributed by atoms with van der Waals surface area (Å²) >= 11 is 13.9. The number of hydrogen-bond acceptors (Lipinski definition) is 6. The minimum Gasteiger partial charge on any atom is -0.368 e. The largest absolute Gasteiger partial charge is 0.368 e. The average Bonchev–Trinajstić information content (AvgIpc) is 2.92. The minimum absolute atomic E-state index is 0.142. The molecule has 1 amide bonds. The van der Waals surface area contributed by atoms with Gasteiger partial charge in [-0.2, -0.15) is 0 Å². The van der Waals surface area contributed by atoms with Crippen LogP contribution in [0, 0.1) is 5.92 Å². The van der Waals surface area contributed by atoms with Gasteiger partial charge in [-0.3, -0.25) is 4.79 Å². The number of halogens is 2. The topological polar surface area (TPSA) is 52.6 Å². The molecule has 3 aromatic rings. The van der Waals surface area contributed by atoms with E-state index in [0.717, 1.165) is 75.1 Å². The van der Waals surface area contributed by atoms with Crippen LogP contribution in [0.15, 0.2) is 65.8 Å². The zero-order chi connectivity index (χ0) is 25.6. The highest BCUT2D eigenvalue weighted by molar-refractivity contribution is 7.99. The van der Waals surface area contributed by atoms with Crippen LogP contribution >= 0.6 is 35.0 Å². The van der Waals surface area contributed by atoms with Gasteiger partial charge in [0.2, 0.25) is 5.91 Å². The Hall–Kier alpha value is -2.48. The van der Waals surface area contributed by atoms with Crippen molar-refractivity contribution in [2.75, 3.05) is 54.8 Å². The molecule has 194 valence electrons. The summed E-state index contributed by atoms with van der Waals surface area (Å²) in [6, 6.07) is 20.4. The molecule has 1 aromatic heterocycles. The number of likely N-dealkylation sites (tertiary alicyclic amines) is 1. The number of hydrogen-bond donors (Lipinski definition) is 0. The van der Waals surface area contributed by atoms with Crippen LogP contribution in [0.1, 0.15) is 18.4 Å². The molecule has 0 aliphatic carbocycles. The molecular weight excluding hydrogens is 525 g/mol. The predicted octanol–water partition coefficient (Wildman–Crippen LogP) is 5.68. The zero-order valence-electron chi connectivity index (χ0n) is 20.7. The lowest BCUT2D eigenvalue weighted by atomic mass is 9.90. The summed E-state index contributed by atoms with van der Waals surface area (Å²) in [5, 5.41) is 1.70. The maximum atomic E-state index is 12.9. The number of piperidine rings is 1. The number of amides is 1. The van der Waals surface area contributed by atoms with Gasteiger partial charge in [-0.25, -0.2) is 9.97 Å². The summed E-state index contributed by atoms with van der Waals surface area (Å²) < 4.78 is 0. The first kappa shape index (κ1) is 26.1. The Balaban J connectivity index is 1.11. The highest BCUT2D eigenvalue weighted by Crippen LogP contribution is 2.27. The summed E-state index contributed by atoms with van der Waals surface area (Å²) in [4.78, 5) is 28.5. The van der Waals surface area contributed by atoms with Crippen molar-refractivity contribution in [3.8, 4) is 0 Å². The van der Waals surface area contributed by atoms with Crippen LogP contribution in [0.3, 0.4) is 0 Å². The molecule has 3 heterocycles. The van der Waals surface area contributed by atoms with Crippen molar-refractivity contribution < 1.29 is 4.79 Å². The van der Waals surface area contributed by atoms with Crippen LogP contribution in [0.25, 0.3) is 0 Å². The first-order valence-electron chi connectivity index (χ1n) is 12.8. The van der Waals surface area contributed by atoms with Gasteiger partial charge in [-0.05, 0) is 48.9 Å². The summed E-state index contributed by atoms with van der Waals surface area (Å²) in [6.07, 6.45) is 3.18. The molecule has 2 aliphatic rings. The van der Waals surface area contributed by atoms with E-state index in [9.17, 15) is 4.79 Å². The van der Waals surface area contributed by atoms with Crippen LogP contribution in [0.5, 0.6) is 0 Å². The Labute approximate surface area is 233 Å². The fraction of sp³-hybridized carbons (Fsp3) is 0.393. The number of thioether (sulfide) groups is 1. The second-order valence-electron chi connectivity index (χ2n) is 9.59. The molecule has 0 spiro atoms. The lowest BCUT2D eigenvalue weighted by Crippen LogP contribution is -2.46. The van der Waals surface area contributed by atoms with Crippen LogP contribution in [-0.2, 0) is 11.2 Å². The normalized spacial score (nSPS) is 16.8. The second kappa shape index (κ2) is 12.4. The van der Waals surface area contributed by atoms with Crippen molar-refractivity contribution in [2.45, 2.75) is 24.4 Å². The van der Waals surface area contributed by atoms with E-state index in [0.29, 0.717) is 22.0 Å². The van der Waals surface area contributed by atoms with Gasteiger partial charge in [0.05, 0.1) is 5.75 Å². The number of nitrogens with zero attached hydrogens (tertiary/aromatic N) is 5. The van der Waals surface area contributed by atoms with Gasteiger partial charge in [0.15, 0.2) is 5.16 Å². The Morgan fingerprint density at radius 1 is 0.865 bits per heavy atom. The summed E-state index contributed by atoms with van der Waals surface area (Å²) in [7, 11) is 0. The third-order valence-electron chi connectivity index (χ3n) is 7.10. The first-order chi connectivity index (χ1) is 18.0. The molecule has 0 saturated carbocycles. The van der Waals surface area contributed by atoms with Gasteiger partial charge in [-0.15, -0.1) is 0 Å². The SMILES string of the molecule is O=C(CSc1nc(Cl)cc(N2CCN(c3cccc(Cl)c3)CC2)n1)N1CCC(Cc2ccccc2)CC1. The number of aromatic nitrogens is 2. The molecule has 6 nitrogen and oxygen atoms in total. The second-order valence-corrected chi connectivity index (χ2v) is 11.4. The average molecular weight is 557 g/mol. The molecule has 2 fully saturated rings. The fourth-order valence-corrected chi connectivity index (χ4v) is 6.20. The summed E-state index contributed by atoms with van der Waals surface area (Å²) in [5.74, 6) is 1.91. The first-order valence-corrected chi connectivity index (χ1v) is 14.5. The van der Waals surface area contributed by atoms with Gasteiger partial charge in [-0.1, -0.05) is 71.4 Å². The molecule has 37 heavy (non-hydrogen) atoms. The number of piperazine rings is 1. The number of carbonyl (C=O) groups is 1. The van der Waals surface area contributed by atoms with Gasteiger partial charge >= 0.3 is 0 Å². The Bertz CT molecular complexity index is 1200. The van der Waals surface area contributed by atoms with E-state index in [1.807, 2.05) is 23.1 Å². The summed E-state index contributed by atoms with van der Waals surface area (Å²) in [6.45, 7) is 5.00. The highest BCUT2D eigenvalue weighted by Gasteiger charge is 2.24. The molecule has 2 aliphatic heterocycles. The Kier molecular flexibility index (Phi) is 8.74. The minimum atomic E-state index is 0.142. The van der Waals surface area contributed by atoms with E-state index in [1.54, 1.807) is 6.07 Å². The molecule has 5 rings (SSSR count). The molecule has 0 unspecified atom stereocenters. The Morgan fingerprint density at radius 2 is 1.59 bits per heavy atom. The summed E-state index contributed by atoms with van der Waals surface area (Å²) in [5.41, 5.74) is 2.51. The Morgan fingerprint density at radius 3 is 2.32 bits per heavy atom. The molecule has 0 bridgehead atoms. The quantitative estimate of drug-likeness (QED) is 0.212. The number of benzene rings is 2. The van der Waals surface area contributed by atoms with E-state index in [2.05, 4.69) is 51.2 Å². The van der Waals surface area contributed by atoms with Gasteiger partial charge in [0.1, 0.15) is 11.0 Å². The molecule has 0 atom stereocenters. The number of rotatable bonds is 7. The monoisotopic (exact) mass is 555 g/mol. The van der Waals surface area contributed by atoms with E-state index < -0.39 is 0 Å². The van der Waals surface area contributed by atoms with Crippen molar-refractivity contribution >= 4 is 52.4 Å². The molecule has 2 aromatic carbocycles. The smallest absolute Gasteiger partial charge is 0.233 e. The van der Waals surface area contributed by atoms with Gasteiger partial charge in [0, 0.05) is 56.0 Å². The lowest BCUT2D eigenvalue weighted by molar-refractivity contribution is -0.129. The van der Waals surface area contributed by atoms with Crippen LogP contribution < -0.4 is 9.80 Å². The zero-order valence-corrected chi connectivity index (χ0v) is 23.1. The maximum absolute atomic E-state index is 12.9. The maximum Gasteiger partial charge on any atom is 0.233 e. The standard InChI is InChI=1S/C28H31Cl2N5OS/c29-23-7-4-8-24(18-23)33-13-15-34(16-14-33)26-19-25(30)31-28(32-26)37-20-27(36)35-11-9-22(10-12-35)17-21-5-2-1-3-6-21/h1-8,18-19,22H,9-17,20H2. The molecule has 2 saturated heterocycles. The molecule has 9 heteroatoms. The lowest BCUT2D eigenvalue weighted by Gasteiger charge is -2.36. The molecule has 0 radical (unpaired) electrons. The van der Waals surface area contributed by atoms with Crippen molar-refractivity contribution in [1.82, 2.24) is 14.9 Å². The van der Waals surface area contributed by atoms with E-state index in [-0.39, 0.29) is 5.91 Å². The van der Waals surface area contributed by atoms with Gasteiger partial charge in [0.25, 0.3) is 0 Å². The van der Waals surface area contributed by atoms with Crippen LogP contribution in [-0.4, -0.2) is 65.8 Å². The third-order valence-corrected chi connectivity index (χ3v) is 8.36. The van der Waals surface area contributed by atoms with Crippen molar-refractivity contribution in [1.29, 1.82) is 0 Å². The van der Waals surface area contributed by atoms with E-state index in [4.69, 9.17) is 28.2 Å². The predicted molar refractivity (Wildman–Crippen MR) is 153 cm³/mol. The molecule has 0 N–H and O–H groups in total. The number of anilines is 2. The van der Waals surface area contributed by atoms with Crippen molar-refractivity contribution in [3.05, 3.63) is 76.4 Å². The highest BCUT2D eigenvalue weighted by atomic mass is 35.5. The molecular formula is C28H31Cl2N5OS. The van der Waals surface area contributed by atoms with E-state index >= 15 is 0 Å². The van der Waals surface area contributed by atoms with Crippen LogP contribution in [0.4, 0.5) is 11.5 Å². The van der Waals surface area contributed by atoms with Gasteiger partial charge < -0.3 is 14.7 Å². The number of carbonyl (C=O) groups excluding carboxylic acids is 1. The third kappa shape index (κ3) is 7.09. The fourth-order valence-electron chi connectivity index (χ4n) is 5.03.